The van der Waals surface area contributed by atoms with E-state index in [9.17, 15) is 19.2 Å². The maximum absolute atomic E-state index is 15.3. The number of hydrogen-bond acceptors (Lipinski definition) is 12. The molecule has 20 nitrogen and oxygen atoms in total. The normalized spacial score (nSPS) is 24.0. The summed E-state index contributed by atoms with van der Waals surface area (Å²) in [4.78, 5) is 73.3. The van der Waals surface area contributed by atoms with Crippen molar-refractivity contribution >= 4 is 46.4 Å². The smallest absolute Gasteiger partial charge is 0.239 e. The molecule has 0 bridgehead atoms. The molecule has 4 saturated carbocycles. The average molecular weight is 1820 g/mol. The Morgan fingerprint density at radius 3 is 0.911 bits per heavy atom. The Balaban J connectivity index is 0.000000108. The number of carbonyl (C=O) groups excluding carboxylic acids is 4. The zero-order valence-corrected chi connectivity index (χ0v) is 78.5. The minimum Gasteiger partial charge on any atom is -0.307 e. The molecule has 12 aliphatic rings. The molecule has 4 spiro atoms. The predicted octanol–water partition coefficient (Wildman–Crippen LogP) is 19.6. The second-order valence-electron chi connectivity index (χ2n) is 40.7. The van der Waals surface area contributed by atoms with E-state index in [4.69, 9.17) is 0 Å². The molecule has 12 heterocycles. The fourth-order valence-electron chi connectivity index (χ4n) is 25.5. The van der Waals surface area contributed by atoms with Gasteiger partial charge in [0.15, 0.2) is 0 Å². The lowest BCUT2D eigenvalue weighted by molar-refractivity contribution is -0.123. The summed E-state index contributed by atoms with van der Waals surface area (Å²) < 4.78 is 67.7. The summed E-state index contributed by atoms with van der Waals surface area (Å²) in [5.41, 5.74) is 15.9. The highest BCUT2D eigenvalue weighted by Crippen LogP contribution is 2.55. The molecule has 0 N–H and O–H groups in total. The molecule has 135 heavy (non-hydrogen) atoms. The Kier molecular flexibility index (Phi) is 24.3. The Labute approximate surface area is 788 Å². The second kappa shape index (κ2) is 36.6. The van der Waals surface area contributed by atoms with Crippen LogP contribution in [0.15, 0.2) is 213 Å². The van der Waals surface area contributed by atoms with Gasteiger partial charge in [0.05, 0.1) is 72.1 Å². The number of hydrogen-bond donors (Lipinski definition) is 0. The van der Waals surface area contributed by atoms with Crippen LogP contribution in [0.1, 0.15) is 186 Å². The summed E-state index contributed by atoms with van der Waals surface area (Å²) >= 11 is 0. The third-order valence-electron chi connectivity index (χ3n) is 32.7. The van der Waals surface area contributed by atoms with Gasteiger partial charge >= 0.3 is 0 Å². The van der Waals surface area contributed by atoms with E-state index in [0.717, 1.165) is 173 Å². The van der Waals surface area contributed by atoms with Crippen molar-refractivity contribution in [1.29, 1.82) is 0 Å². The zero-order chi connectivity index (χ0) is 92.8. The number of halogens is 4. The van der Waals surface area contributed by atoms with Gasteiger partial charge in [-0.3, -0.25) is 57.5 Å². The zero-order valence-electron chi connectivity index (χ0n) is 78.5. The van der Waals surface area contributed by atoms with Crippen LogP contribution in [-0.2, 0) is 95.2 Å². The molecule has 8 fully saturated rings. The van der Waals surface area contributed by atoms with Gasteiger partial charge in [-0.15, -0.1) is 0 Å². The van der Waals surface area contributed by atoms with Crippen molar-refractivity contribution in [3.8, 4) is 44.5 Å². The number of rotatable bonds is 16. The molecule has 4 aromatic heterocycles. The van der Waals surface area contributed by atoms with E-state index < -0.39 is 21.7 Å². The number of amides is 4. The first-order chi connectivity index (χ1) is 65.5. The minimum absolute atomic E-state index is 0.123. The van der Waals surface area contributed by atoms with Gasteiger partial charge in [-0.1, -0.05) is 180 Å². The topological polar surface area (TPSA) is 165 Å². The Morgan fingerprint density at radius 2 is 0.622 bits per heavy atom. The molecule has 6 unspecified atom stereocenters. The van der Waals surface area contributed by atoms with Crippen LogP contribution < -0.4 is 19.6 Å². The maximum atomic E-state index is 15.3. The number of carbonyl (C=O) groups is 4. The van der Waals surface area contributed by atoms with Crippen LogP contribution in [0.3, 0.4) is 0 Å². The number of likely N-dealkylation sites (tertiary alicyclic amines) is 4. The summed E-state index contributed by atoms with van der Waals surface area (Å²) in [6.45, 7) is 12.2. The fourth-order valence-corrected chi connectivity index (χ4v) is 25.5. The van der Waals surface area contributed by atoms with E-state index in [2.05, 4.69) is 71.2 Å². The van der Waals surface area contributed by atoms with Crippen molar-refractivity contribution in [2.75, 3.05) is 72.0 Å². The maximum Gasteiger partial charge on any atom is 0.239 e. The lowest BCUT2D eigenvalue weighted by Gasteiger charge is -2.32. The van der Waals surface area contributed by atoms with E-state index >= 15 is 17.6 Å². The molecular formula is C111H122F4N16O4. The van der Waals surface area contributed by atoms with Gasteiger partial charge in [0.2, 0.25) is 23.6 Å². The van der Waals surface area contributed by atoms with Crippen LogP contribution >= 0.6 is 0 Å². The Morgan fingerprint density at radius 1 is 0.326 bits per heavy atom. The average Bonchev–Trinajstić information content (AvgIpc) is 1.57. The largest absolute Gasteiger partial charge is 0.307 e. The van der Waals surface area contributed by atoms with Gasteiger partial charge in [-0.25, -0.2) is 17.6 Å². The molecule has 4 saturated heterocycles. The highest BCUT2D eigenvalue weighted by atomic mass is 19.1. The number of fused-ring (bicyclic) bond motifs is 8. The molecular weight excluding hydrogens is 1700 g/mol. The van der Waals surface area contributed by atoms with Crippen LogP contribution in [0, 0.1) is 36.1 Å². The predicted molar refractivity (Wildman–Crippen MR) is 519 cm³/mol. The number of para-hydroxylation sites is 4. The number of anilines is 4. The van der Waals surface area contributed by atoms with E-state index in [1.54, 1.807) is 73.7 Å². The summed E-state index contributed by atoms with van der Waals surface area (Å²) in [5.74, 6) is 0.0299. The van der Waals surface area contributed by atoms with Crippen molar-refractivity contribution in [1.82, 2.24) is 58.7 Å². The summed E-state index contributed by atoms with van der Waals surface area (Å²) in [7, 11) is 7.40. The standard InChI is InChI=1S/3C28H31FN4O.C27H29FN4O/c1-19-6-5-9-25(19)32-13-12-28(18-32)23-7-3-4-8-26(23)33(27(28)34)17-21-11-10-20(14-24(21)29)22-15-30-31(2)16-22;1-19-23(17-31(2)30-19)20-11-12-21(25(29)15-20)16-33-26-10-6-5-9-24(26)28(27(33)34)13-14-32(18-28)22-7-3-4-8-22;1-31-17-22(16-30-31)20-11-12-21(25(29)15-20)18-33-26-10-6-5-9-24(26)28(27(33)34)13-14-32(19-28)23-7-3-2-4-8-23;1-30-16-21(15-29-30)19-10-11-20(24(28)14-19)17-32-25-9-5-4-8-23(25)27(26(32)33)12-13-31(18-27)22-6-2-3-7-22/h3-4,7-8,10-11,14-16,19,25H,5-6,9,12-13,17-18H2,1-2H3;5-6,9-12,15,17,22H,3-4,7-8,13-14,16,18H2,1-2H3;5-6,9-12,15-17,23H,2-4,7-8,13-14,18-19H2,1H3;4-5,8-11,14-16,22H,2-3,6-7,12-13,17-18H2,1H3. The lowest BCUT2D eigenvalue weighted by Crippen LogP contribution is -2.44. The number of benzene rings is 8. The molecule has 12 aromatic rings. The van der Waals surface area contributed by atoms with E-state index in [-0.39, 0.29) is 73.1 Å². The van der Waals surface area contributed by atoms with Crippen molar-refractivity contribution in [3.05, 3.63) is 287 Å². The summed E-state index contributed by atoms with van der Waals surface area (Å²) in [6.07, 6.45) is 36.4. The summed E-state index contributed by atoms with van der Waals surface area (Å²) in [5, 5.41) is 16.9. The van der Waals surface area contributed by atoms with Gasteiger partial charge in [0.1, 0.15) is 23.3 Å². The molecule has 698 valence electrons. The Bertz CT molecular complexity index is 6490. The number of aromatic nitrogens is 8. The van der Waals surface area contributed by atoms with Crippen LogP contribution in [0.25, 0.3) is 44.5 Å². The van der Waals surface area contributed by atoms with Gasteiger partial charge in [-0.05, 0) is 209 Å². The molecule has 24 rings (SSSR count). The van der Waals surface area contributed by atoms with Crippen LogP contribution in [0.2, 0.25) is 0 Å². The van der Waals surface area contributed by atoms with Crippen molar-refractivity contribution in [3.63, 3.8) is 0 Å². The minimum atomic E-state index is -0.509. The van der Waals surface area contributed by atoms with Gasteiger partial charge < -0.3 is 19.6 Å². The molecule has 0 radical (unpaired) electrons. The number of nitrogens with zero attached hydrogens (tertiary/aromatic N) is 16. The first-order valence-corrected chi connectivity index (χ1v) is 49.3. The summed E-state index contributed by atoms with van der Waals surface area (Å²) in [6, 6.07) is 56.0. The fraction of sp³-hybridized carbons (Fsp3) is 0.423. The molecule has 4 amide bonds. The van der Waals surface area contributed by atoms with Crippen LogP contribution in [0.4, 0.5) is 40.3 Å². The molecule has 8 aliphatic heterocycles. The lowest BCUT2D eigenvalue weighted by atomic mass is 9.81. The van der Waals surface area contributed by atoms with Crippen LogP contribution in [-0.4, -0.2) is 159 Å². The van der Waals surface area contributed by atoms with E-state index in [1.165, 1.54) is 103 Å². The highest BCUT2D eigenvalue weighted by Gasteiger charge is 2.60. The van der Waals surface area contributed by atoms with E-state index in [0.29, 0.717) is 52.3 Å². The first kappa shape index (κ1) is 89.6. The van der Waals surface area contributed by atoms with Gasteiger partial charge in [0.25, 0.3) is 0 Å². The molecule has 6 atom stereocenters. The third kappa shape index (κ3) is 16.4. The highest BCUT2D eigenvalue weighted by molar-refractivity contribution is 6.11. The van der Waals surface area contributed by atoms with Crippen LogP contribution in [0.5, 0.6) is 0 Å². The molecule has 4 aliphatic carbocycles. The quantitative estimate of drug-likeness (QED) is 0.0842. The van der Waals surface area contributed by atoms with Crippen molar-refractivity contribution < 1.29 is 36.7 Å². The number of aryl methyl sites for hydroxylation is 5. The monoisotopic (exact) mass is 1820 g/mol. The van der Waals surface area contributed by atoms with Crippen molar-refractivity contribution in [2.45, 2.75) is 214 Å². The molecule has 8 aromatic carbocycles. The van der Waals surface area contributed by atoms with Gasteiger partial charge in [0, 0.05) is 171 Å². The van der Waals surface area contributed by atoms with Gasteiger partial charge in [-0.2, -0.15) is 20.4 Å². The second-order valence-corrected chi connectivity index (χ2v) is 40.7. The Hall–Kier alpha value is -12.0. The first-order valence-electron chi connectivity index (χ1n) is 49.3. The third-order valence-corrected chi connectivity index (χ3v) is 32.7. The molecule has 24 heteroatoms. The van der Waals surface area contributed by atoms with Crippen molar-refractivity contribution in [2.24, 2.45) is 34.1 Å². The SMILES string of the molecule is CC1CCCC1N1CCC2(C1)C(=O)N(Cc1ccc(-c3cnn(C)c3)cc1F)c1ccccc12.Cc1nn(C)cc1-c1ccc(CN2C(=O)C3(CCN(C4CCCC4)C3)c3ccccc32)c(F)c1.Cn1cc(-c2ccc(CN3C(=O)C4(CCN(C5CCCC5)C4)c4ccccc43)c(F)c2)cn1.Cn1cc(-c2ccc(CN3C(=O)C4(CCN(C5CCCCC5)C4)c4ccccc43)c(F)c2)cn1. The van der Waals surface area contributed by atoms with E-state index in [1.807, 2.05) is 189 Å².